The van der Waals surface area contributed by atoms with Crippen molar-refractivity contribution in [3.05, 3.63) is 58.6 Å². The van der Waals surface area contributed by atoms with E-state index in [2.05, 4.69) is 5.32 Å². The Morgan fingerprint density at radius 2 is 1.78 bits per heavy atom. The molecular weight excluding hydrogens is 384 g/mol. The lowest BCUT2D eigenvalue weighted by Gasteiger charge is -2.16. The smallest absolute Gasteiger partial charge is 0.247 e. The minimum absolute atomic E-state index is 0.0903. The molecule has 7 heteroatoms. The van der Waals surface area contributed by atoms with Gasteiger partial charge < -0.3 is 5.32 Å². The highest BCUT2D eigenvalue weighted by Crippen LogP contribution is 2.30. The zero-order valence-corrected chi connectivity index (χ0v) is 16.6. The summed E-state index contributed by atoms with van der Waals surface area (Å²) >= 11 is 7.00. The molecule has 0 bridgehead atoms. The summed E-state index contributed by atoms with van der Waals surface area (Å²) < 4.78 is 0. The molecule has 3 rings (SSSR count). The van der Waals surface area contributed by atoms with Gasteiger partial charge in [-0.05, 0) is 61.4 Å². The number of rotatable bonds is 5. The fourth-order valence-corrected chi connectivity index (χ4v) is 4.05. The molecule has 1 N–H and O–H groups in total. The molecule has 0 aliphatic carbocycles. The van der Waals surface area contributed by atoms with Gasteiger partial charge in [0.25, 0.3) is 0 Å². The molecule has 2 aromatic carbocycles. The zero-order valence-electron chi connectivity index (χ0n) is 15.0. The van der Waals surface area contributed by atoms with Gasteiger partial charge in [0.1, 0.15) is 0 Å². The van der Waals surface area contributed by atoms with Gasteiger partial charge in [0.2, 0.25) is 17.7 Å². The van der Waals surface area contributed by atoms with Crippen LogP contribution in [0.1, 0.15) is 17.5 Å². The summed E-state index contributed by atoms with van der Waals surface area (Å²) in [5, 5.41) is 2.79. The summed E-state index contributed by atoms with van der Waals surface area (Å²) in [6.07, 6.45) is 0.102. The van der Waals surface area contributed by atoms with E-state index in [9.17, 15) is 14.4 Å². The number of hydrogen-bond acceptors (Lipinski definition) is 4. The normalized spacial score (nSPS) is 16.7. The van der Waals surface area contributed by atoms with E-state index in [1.165, 1.54) is 16.7 Å². The Labute approximate surface area is 167 Å². The lowest BCUT2D eigenvalue weighted by atomic mass is 10.1. The minimum Gasteiger partial charge on any atom is -0.325 e. The van der Waals surface area contributed by atoms with E-state index in [-0.39, 0.29) is 29.9 Å². The molecule has 0 radical (unpaired) electrons. The van der Waals surface area contributed by atoms with Crippen LogP contribution in [-0.4, -0.2) is 28.7 Å². The van der Waals surface area contributed by atoms with Crippen LogP contribution in [0.4, 0.5) is 11.4 Å². The Bertz CT molecular complexity index is 878. The van der Waals surface area contributed by atoms with E-state index in [1.54, 1.807) is 24.3 Å². The third-order valence-corrected chi connectivity index (χ3v) is 5.56. The van der Waals surface area contributed by atoms with E-state index < -0.39 is 5.25 Å². The van der Waals surface area contributed by atoms with Gasteiger partial charge in [0.05, 0.1) is 16.7 Å². The molecule has 1 aliphatic rings. The predicted molar refractivity (Wildman–Crippen MR) is 109 cm³/mol. The minimum atomic E-state index is -0.547. The average molecular weight is 403 g/mol. The molecule has 0 aromatic heterocycles. The van der Waals surface area contributed by atoms with Crippen molar-refractivity contribution in [2.75, 3.05) is 16.0 Å². The summed E-state index contributed by atoms with van der Waals surface area (Å²) in [5.41, 5.74) is 3.21. The van der Waals surface area contributed by atoms with Gasteiger partial charge in [-0.25, -0.2) is 4.90 Å². The number of amides is 3. The molecule has 0 saturated carbocycles. The first kappa shape index (κ1) is 19.5. The van der Waals surface area contributed by atoms with Crippen LogP contribution < -0.4 is 10.2 Å². The Morgan fingerprint density at radius 1 is 1.15 bits per heavy atom. The number of nitrogens with zero attached hydrogens (tertiary/aromatic N) is 1. The van der Waals surface area contributed by atoms with E-state index in [0.29, 0.717) is 16.4 Å². The molecule has 1 aliphatic heterocycles. The van der Waals surface area contributed by atoms with Gasteiger partial charge in [-0.2, -0.15) is 0 Å². The van der Waals surface area contributed by atoms with E-state index in [0.717, 1.165) is 11.1 Å². The third kappa shape index (κ3) is 4.70. The zero-order chi connectivity index (χ0) is 19.6. The van der Waals surface area contributed by atoms with Crippen molar-refractivity contribution in [3.63, 3.8) is 0 Å². The molecule has 2 aromatic rings. The number of imide groups is 1. The Kier molecular flexibility index (Phi) is 5.87. The lowest BCUT2D eigenvalue weighted by Crippen LogP contribution is -2.31. The second-order valence-corrected chi connectivity index (χ2v) is 8.10. The Morgan fingerprint density at radius 3 is 2.41 bits per heavy atom. The van der Waals surface area contributed by atoms with Crippen molar-refractivity contribution in [1.29, 1.82) is 0 Å². The van der Waals surface area contributed by atoms with Gasteiger partial charge in [-0.3, -0.25) is 14.4 Å². The van der Waals surface area contributed by atoms with Crippen molar-refractivity contribution >= 4 is 52.5 Å². The topological polar surface area (TPSA) is 66.5 Å². The molecule has 140 valence electrons. The predicted octanol–water partition coefficient (Wildman–Crippen LogP) is 3.96. The van der Waals surface area contributed by atoms with Gasteiger partial charge in [-0.1, -0.05) is 17.7 Å². The van der Waals surface area contributed by atoms with Crippen molar-refractivity contribution in [2.24, 2.45) is 0 Å². The Balaban J connectivity index is 1.61. The average Bonchev–Trinajstić information content (AvgIpc) is 2.88. The van der Waals surface area contributed by atoms with Crippen LogP contribution in [0.15, 0.2) is 42.5 Å². The Hall–Kier alpha value is -2.31. The highest BCUT2D eigenvalue weighted by atomic mass is 35.5. The molecule has 1 saturated heterocycles. The molecule has 0 spiro atoms. The first-order chi connectivity index (χ1) is 12.8. The van der Waals surface area contributed by atoms with Crippen LogP contribution >= 0.6 is 23.4 Å². The fraction of sp³-hybridized carbons (Fsp3) is 0.250. The van der Waals surface area contributed by atoms with E-state index in [4.69, 9.17) is 11.6 Å². The number of nitrogens with one attached hydrogen (secondary N) is 1. The maximum Gasteiger partial charge on any atom is 0.247 e. The number of anilines is 2. The molecule has 27 heavy (non-hydrogen) atoms. The largest absolute Gasteiger partial charge is 0.325 e. The maximum absolute atomic E-state index is 12.7. The van der Waals surface area contributed by atoms with Crippen molar-refractivity contribution < 1.29 is 14.4 Å². The van der Waals surface area contributed by atoms with Crippen LogP contribution in [0.25, 0.3) is 0 Å². The number of aryl methyl sites for hydroxylation is 2. The second kappa shape index (κ2) is 8.15. The van der Waals surface area contributed by atoms with Gasteiger partial charge in [-0.15, -0.1) is 11.8 Å². The van der Waals surface area contributed by atoms with Gasteiger partial charge in [0, 0.05) is 17.1 Å². The SMILES string of the molecule is Cc1cc(C)cc(N2C(=O)CC(SCC(=O)Nc3ccc(Cl)cc3)C2=O)c1. The van der Waals surface area contributed by atoms with Crippen molar-refractivity contribution in [1.82, 2.24) is 0 Å². The van der Waals surface area contributed by atoms with Gasteiger partial charge in [0.15, 0.2) is 0 Å². The number of carbonyl (C=O) groups is 3. The monoisotopic (exact) mass is 402 g/mol. The molecule has 5 nitrogen and oxygen atoms in total. The van der Waals surface area contributed by atoms with E-state index in [1.807, 2.05) is 32.0 Å². The molecule has 1 fully saturated rings. The maximum atomic E-state index is 12.7. The number of hydrogen-bond donors (Lipinski definition) is 1. The van der Waals surface area contributed by atoms with Gasteiger partial charge >= 0.3 is 0 Å². The van der Waals surface area contributed by atoms with Crippen LogP contribution in [0.2, 0.25) is 5.02 Å². The molecule has 3 amide bonds. The number of carbonyl (C=O) groups excluding carboxylic acids is 3. The number of halogens is 1. The lowest BCUT2D eigenvalue weighted by molar-refractivity contribution is -0.121. The van der Waals surface area contributed by atoms with E-state index >= 15 is 0 Å². The van der Waals surface area contributed by atoms with Crippen molar-refractivity contribution in [2.45, 2.75) is 25.5 Å². The van der Waals surface area contributed by atoms with Crippen LogP contribution in [0, 0.1) is 13.8 Å². The summed E-state index contributed by atoms with van der Waals surface area (Å²) in [6, 6.07) is 12.4. The summed E-state index contributed by atoms with van der Waals surface area (Å²) in [4.78, 5) is 38.4. The molecular formula is C20H19ClN2O3S. The quantitative estimate of drug-likeness (QED) is 0.768. The standard InChI is InChI=1S/C20H19ClN2O3S/c1-12-7-13(2)9-16(8-12)23-19(25)10-17(20(23)26)27-11-18(24)22-15-5-3-14(21)4-6-15/h3-9,17H,10-11H2,1-2H3,(H,22,24). The van der Waals surface area contributed by atoms with Crippen LogP contribution in [-0.2, 0) is 14.4 Å². The molecule has 1 heterocycles. The summed E-state index contributed by atoms with van der Waals surface area (Å²) in [7, 11) is 0. The number of benzene rings is 2. The van der Waals surface area contributed by atoms with Crippen LogP contribution in [0.3, 0.4) is 0 Å². The highest BCUT2D eigenvalue weighted by molar-refractivity contribution is 8.01. The molecule has 1 atom stereocenters. The third-order valence-electron chi connectivity index (χ3n) is 4.11. The first-order valence-electron chi connectivity index (χ1n) is 8.45. The summed E-state index contributed by atoms with van der Waals surface area (Å²) in [6.45, 7) is 3.85. The first-order valence-corrected chi connectivity index (χ1v) is 9.88. The molecule has 1 unspecified atom stereocenters. The number of thioether (sulfide) groups is 1. The van der Waals surface area contributed by atoms with Crippen molar-refractivity contribution in [3.8, 4) is 0 Å². The highest BCUT2D eigenvalue weighted by Gasteiger charge is 2.40. The summed E-state index contributed by atoms with van der Waals surface area (Å²) in [5.74, 6) is -0.644. The fourth-order valence-electron chi connectivity index (χ4n) is 2.99. The van der Waals surface area contributed by atoms with Crippen LogP contribution in [0.5, 0.6) is 0 Å². The second-order valence-electron chi connectivity index (χ2n) is 6.47.